The van der Waals surface area contributed by atoms with E-state index in [4.69, 9.17) is 0 Å². The van der Waals surface area contributed by atoms with Crippen LogP contribution in [0.15, 0.2) is 17.0 Å². The summed E-state index contributed by atoms with van der Waals surface area (Å²) in [4.78, 5) is 12.7. The first kappa shape index (κ1) is 21.9. The molecule has 25 heavy (non-hydrogen) atoms. The van der Waals surface area contributed by atoms with Gasteiger partial charge in [-0.3, -0.25) is 4.79 Å². The molecule has 1 unspecified atom stereocenters. The molecule has 8 heteroatoms. The summed E-state index contributed by atoms with van der Waals surface area (Å²) in [5.41, 5.74) is 2.49. The predicted molar refractivity (Wildman–Crippen MR) is 102 cm³/mol. The lowest BCUT2D eigenvalue weighted by Gasteiger charge is -2.25. The van der Waals surface area contributed by atoms with Crippen molar-refractivity contribution in [2.75, 3.05) is 26.7 Å². The van der Waals surface area contributed by atoms with Crippen molar-refractivity contribution in [2.24, 2.45) is 0 Å². The number of likely N-dealkylation sites (N-methyl/N-ethyl adjacent to an activating group) is 1. The fourth-order valence-electron chi connectivity index (χ4n) is 3.41. The van der Waals surface area contributed by atoms with E-state index in [1.807, 2.05) is 32.9 Å². The van der Waals surface area contributed by atoms with Gasteiger partial charge < -0.3 is 10.6 Å². The highest BCUT2D eigenvalue weighted by atomic mass is 35.5. The number of rotatable bonds is 6. The van der Waals surface area contributed by atoms with E-state index < -0.39 is 16.1 Å². The van der Waals surface area contributed by atoms with Gasteiger partial charge in [0.2, 0.25) is 15.9 Å². The van der Waals surface area contributed by atoms with E-state index in [1.54, 1.807) is 7.05 Å². The Bertz CT molecular complexity index is 699. The Morgan fingerprint density at radius 2 is 1.80 bits per heavy atom. The number of nitrogens with one attached hydrogen (secondary N) is 2. The molecule has 1 saturated heterocycles. The number of halogens is 1. The van der Waals surface area contributed by atoms with Crippen molar-refractivity contribution >= 4 is 28.3 Å². The van der Waals surface area contributed by atoms with Gasteiger partial charge in [-0.1, -0.05) is 17.7 Å². The molecule has 0 aliphatic carbocycles. The largest absolute Gasteiger partial charge is 0.353 e. The van der Waals surface area contributed by atoms with E-state index in [9.17, 15) is 13.2 Å². The lowest BCUT2D eigenvalue weighted by atomic mass is 10.1. The van der Waals surface area contributed by atoms with Crippen LogP contribution in [0.25, 0.3) is 0 Å². The zero-order chi connectivity index (χ0) is 17.9. The van der Waals surface area contributed by atoms with Crippen LogP contribution in [0.3, 0.4) is 0 Å². The summed E-state index contributed by atoms with van der Waals surface area (Å²) >= 11 is 0. The van der Waals surface area contributed by atoms with Gasteiger partial charge in [0, 0.05) is 19.6 Å². The fraction of sp³-hybridized carbons (Fsp3) is 0.588. The third-order valence-electron chi connectivity index (χ3n) is 4.35. The Balaban J connectivity index is 0.00000312. The first-order chi connectivity index (χ1) is 11.3. The third-order valence-corrected chi connectivity index (χ3v) is 6.57. The summed E-state index contributed by atoms with van der Waals surface area (Å²) in [6.07, 6.45) is 1.27. The van der Waals surface area contributed by atoms with Crippen LogP contribution in [0.5, 0.6) is 0 Å². The summed E-state index contributed by atoms with van der Waals surface area (Å²) in [6, 6.07) is 3.13. The Morgan fingerprint density at radius 1 is 1.20 bits per heavy atom. The maximum absolute atomic E-state index is 13.2. The smallest absolute Gasteiger partial charge is 0.244 e. The molecule has 0 aromatic heterocycles. The van der Waals surface area contributed by atoms with Crippen LogP contribution in [-0.2, 0) is 14.8 Å². The molecule has 0 bridgehead atoms. The van der Waals surface area contributed by atoms with Crippen LogP contribution in [0.2, 0.25) is 0 Å². The summed E-state index contributed by atoms with van der Waals surface area (Å²) in [5.74, 6) is -0.214. The average molecular weight is 390 g/mol. The molecule has 1 aliphatic rings. The van der Waals surface area contributed by atoms with Crippen LogP contribution in [0.4, 0.5) is 0 Å². The molecule has 0 radical (unpaired) electrons. The maximum Gasteiger partial charge on any atom is 0.244 e. The van der Waals surface area contributed by atoms with Crippen LogP contribution >= 0.6 is 12.4 Å². The number of nitrogens with zero attached hydrogens (tertiary/aromatic N) is 1. The number of hydrogen-bond acceptors (Lipinski definition) is 4. The second-order valence-corrected chi connectivity index (χ2v) is 8.22. The fourth-order valence-corrected chi connectivity index (χ4v) is 5.48. The Hall–Kier alpha value is -1.15. The molecule has 0 spiro atoms. The van der Waals surface area contributed by atoms with Gasteiger partial charge in [0.25, 0.3) is 0 Å². The van der Waals surface area contributed by atoms with E-state index in [-0.39, 0.29) is 18.3 Å². The van der Waals surface area contributed by atoms with Gasteiger partial charge in [0.1, 0.15) is 6.04 Å². The molecule has 1 atom stereocenters. The molecule has 142 valence electrons. The molecular formula is C17H28ClN3O3S. The maximum atomic E-state index is 13.2. The van der Waals surface area contributed by atoms with Crippen LogP contribution in [0, 0.1) is 20.8 Å². The molecule has 1 aromatic carbocycles. The van der Waals surface area contributed by atoms with Crippen molar-refractivity contribution in [3.8, 4) is 0 Å². The highest BCUT2D eigenvalue weighted by molar-refractivity contribution is 7.89. The summed E-state index contributed by atoms with van der Waals surface area (Å²) < 4.78 is 27.7. The molecule has 0 saturated carbocycles. The second-order valence-electron chi connectivity index (χ2n) is 6.40. The number of hydrogen-bond donors (Lipinski definition) is 2. The standard InChI is InChI=1S/C17H27N3O3S.ClH/c1-12-10-13(2)16(14(3)11-12)24(22,23)20-9-5-6-15(20)17(21)19-8-7-18-4;/h10-11,15,18H,5-9H2,1-4H3,(H,19,21);1H. The SMILES string of the molecule is CNCCNC(=O)C1CCCN1S(=O)(=O)c1c(C)cc(C)cc1C.Cl. The topological polar surface area (TPSA) is 78.5 Å². The van der Waals surface area contributed by atoms with Crippen molar-refractivity contribution in [2.45, 2.75) is 44.6 Å². The molecular weight excluding hydrogens is 362 g/mol. The van der Waals surface area contributed by atoms with E-state index in [0.29, 0.717) is 37.4 Å². The number of benzene rings is 1. The van der Waals surface area contributed by atoms with Crippen molar-refractivity contribution in [3.05, 3.63) is 28.8 Å². The minimum absolute atomic E-state index is 0. The predicted octanol–water partition coefficient (Wildman–Crippen LogP) is 1.52. The molecule has 1 heterocycles. The number of sulfonamides is 1. The van der Waals surface area contributed by atoms with Crippen molar-refractivity contribution < 1.29 is 13.2 Å². The van der Waals surface area contributed by atoms with Gasteiger partial charge in [-0.25, -0.2) is 8.42 Å². The van der Waals surface area contributed by atoms with Crippen molar-refractivity contribution in [1.29, 1.82) is 0 Å². The lowest BCUT2D eigenvalue weighted by molar-refractivity contribution is -0.124. The van der Waals surface area contributed by atoms with Crippen LogP contribution < -0.4 is 10.6 Å². The zero-order valence-corrected chi connectivity index (χ0v) is 16.9. The van der Waals surface area contributed by atoms with Gasteiger partial charge >= 0.3 is 0 Å². The van der Waals surface area contributed by atoms with Gasteiger partial charge in [-0.2, -0.15) is 4.31 Å². The molecule has 1 amide bonds. The number of aryl methyl sites for hydroxylation is 3. The van der Waals surface area contributed by atoms with Crippen LogP contribution in [0.1, 0.15) is 29.5 Å². The molecule has 6 nitrogen and oxygen atoms in total. The lowest BCUT2D eigenvalue weighted by Crippen LogP contribution is -2.47. The number of amides is 1. The highest BCUT2D eigenvalue weighted by Crippen LogP contribution is 2.30. The normalized spacial score (nSPS) is 18.0. The third kappa shape index (κ3) is 4.73. The molecule has 1 aromatic rings. The zero-order valence-electron chi connectivity index (χ0n) is 15.3. The number of carbonyl (C=O) groups is 1. The van der Waals surface area contributed by atoms with E-state index in [1.165, 1.54) is 4.31 Å². The second kappa shape index (κ2) is 8.98. The van der Waals surface area contributed by atoms with Gasteiger partial charge in [-0.15, -0.1) is 12.4 Å². The molecule has 1 fully saturated rings. The van der Waals surface area contributed by atoms with E-state index >= 15 is 0 Å². The first-order valence-corrected chi connectivity index (χ1v) is 9.75. The summed E-state index contributed by atoms with van der Waals surface area (Å²) in [6.45, 7) is 7.10. The van der Waals surface area contributed by atoms with E-state index in [2.05, 4.69) is 10.6 Å². The Morgan fingerprint density at radius 3 is 2.36 bits per heavy atom. The van der Waals surface area contributed by atoms with Gasteiger partial charge in [-0.05, 0) is 51.8 Å². The highest BCUT2D eigenvalue weighted by Gasteiger charge is 2.40. The minimum Gasteiger partial charge on any atom is -0.353 e. The van der Waals surface area contributed by atoms with Crippen molar-refractivity contribution in [3.63, 3.8) is 0 Å². The van der Waals surface area contributed by atoms with E-state index in [0.717, 1.165) is 16.7 Å². The van der Waals surface area contributed by atoms with Crippen LogP contribution in [-0.4, -0.2) is 51.4 Å². The minimum atomic E-state index is -3.68. The Kier molecular flexibility index (Phi) is 7.87. The first-order valence-electron chi connectivity index (χ1n) is 8.31. The summed E-state index contributed by atoms with van der Waals surface area (Å²) in [7, 11) is -1.88. The van der Waals surface area contributed by atoms with Crippen molar-refractivity contribution in [1.82, 2.24) is 14.9 Å². The molecule has 2 N–H and O–H groups in total. The summed E-state index contributed by atoms with van der Waals surface area (Å²) in [5, 5.41) is 5.76. The van der Waals surface area contributed by atoms with Gasteiger partial charge in [0.05, 0.1) is 4.90 Å². The molecule has 1 aliphatic heterocycles. The Labute approximate surface area is 156 Å². The van der Waals surface area contributed by atoms with Gasteiger partial charge in [0.15, 0.2) is 0 Å². The quantitative estimate of drug-likeness (QED) is 0.723. The average Bonchev–Trinajstić information content (AvgIpc) is 2.96. The monoisotopic (exact) mass is 389 g/mol. The number of carbonyl (C=O) groups excluding carboxylic acids is 1. The molecule has 2 rings (SSSR count).